The van der Waals surface area contributed by atoms with Crippen molar-refractivity contribution < 1.29 is 4.74 Å². The fourth-order valence-electron chi connectivity index (χ4n) is 2.73. The fraction of sp³-hybridized carbons (Fsp3) is 0.190. The number of aromatic nitrogens is 2. The summed E-state index contributed by atoms with van der Waals surface area (Å²) in [5.74, 6) is 3.46. The molecule has 0 aliphatic carbocycles. The van der Waals surface area contributed by atoms with Gasteiger partial charge in [-0.2, -0.15) is 9.78 Å². The van der Waals surface area contributed by atoms with Gasteiger partial charge in [-0.1, -0.05) is 40.4 Å². The van der Waals surface area contributed by atoms with Crippen molar-refractivity contribution in [3.05, 3.63) is 66.0 Å². The maximum atomic E-state index is 13.0. The topological polar surface area (TPSA) is 56.5 Å². The molecule has 0 aliphatic heterocycles. The summed E-state index contributed by atoms with van der Waals surface area (Å²) in [4.78, 5) is 17.6. The number of benzene rings is 2. The van der Waals surface area contributed by atoms with Crippen molar-refractivity contribution in [2.24, 2.45) is 5.10 Å². The maximum absolute atomic E-state index is 13.0. The Morgan fingerprint density at radius 1 is 1.34 bits per heavy atom. The van der Waals surface area contributed by atoms with Crippen LogP contribution in [0.1, 0.15) is 24.7 Å². The predicted octanol–water partition coefficient (Wildman–Crippen LogP) is 5.42. The third kappa shape index (κ3) is 4.89. The number of fused-ring (bicyclic) bond motifs is 1. The molecule has 29 heavy (non-hydrogen) atoms. The van der Waals surface area contributed by atoms with E-state index < -0.39 is 0 Å². The highest BCUT2D eigenvalue weighted by Gasteiger charge is 2.12. The van der Waals surface area contributed by atoms with Crippen molar-refractivity contribution in [2.75, 3.05) is 6.61 Å². The van der Waals surface area contributed by atoms with Gasteiger partial charge in [-0.25, -0.2) is 4.98 Å². The summed E-state index contributed by atoms with van der Waals surface area (Å²) in [6.07, 6.45) is 8.25. The molecule has 0 saturated carbocycles. The van der Waals surface area contributed by atoms with Gasteiger partial charge in [0.25, 0.3) is 5.56 Å². The summed E-state index contributed by atoms with van der Waals surface area (Å²) >= 11 is 13.1. The van der Waals surface area contributed by atoms with Crippen molar-refractivity contribution in [3.8, 4) is 18.1 Å². The molecule has 0 N–H and O–H groups in total. The number of rotatable bonds is 6. The Balaban J connectivity index is 2.06. The summed E-state index contributed by atoms with van der Waals surface area (Å²) in [5.41, 5.74) is 1.11. The zero-order chi connectivity index (χ0) is 21.0. The first-order chi connectivity index (χ1) is 13.9. The summed E-state index contributed by atoms with van der Waals surface area (Å²) in [7, 11) is 0. The summed E-state index contributed by atoms with van der Waals surface area (Å²) in [6, 6.07) is 8.91. The molecule has 0 bridgehead atoms. The molecule has 2 aromatic carbocycles. The molecule has 0 atom stereocenters. The number of hydrogen-bond donors (Lipinski definition) is 0. The Hall–Kier alpha value is -2.14. The molecule has 0 spiro atoms. The van der Waals surface area contributed by atoms with E-state index in [1.54, 1.807) is 24.4 Å². The van der Waals surface area contributed by atoms with Crippen molar-refractivity contribution >= 4 is 60.6 Å². The van der Waals surface area contributed by atoms with Gasteiger partial charge in [0, 0.05) is 10.9 Å². The monoisotopic (exact) mass is 535 g/mol. The van der Waals surface area contributed by atoms with Crippen LogP contribution >= 0.6 is 43.5 Å². The molecule has 0 saturated heterocycles. The number of ether oxygens (including phenoxy) is 1. The Labute approximate surface area is 190 Å². The van der Waals surface area contributed by atoms with E-state index in [0.29, 0.717) is 44.0 Å². The van der Waals surface area contributed by atoms with Gasteiger partial charge in [0.05, 0.1) is 26.6 Å². The Morgan fingerprint density at radius 2 is 2.14 bits per heavy atom. The van der Waals surface area contributed by atoms with Gasteiger partial charge in [-0.15, -0.1) is 6.42 Å². The van der Waals surface area contributed by atoms with Crippen molar-refractivity contribution in [1.29, 1.82) is 0 Å². The average molecular weight is 538 g/mol. The molecule has 1 heterocycles. The molecule has 5 nitrogen and oxygen atoms in total. The van der Waals surface area contributed by atoms with Gasteiger partial charge in [0.1, 0.15) is 12.4 Å². The van der Waals surface area contributed by atoms with Gasteiger partial charge in [0.15, 0.2) is 5.75 Å². The minimum absolute atomic E-state index is 0.111. The van der Waals surface area contributed by atoms with Crippen LogP contribution in [-0.4, -0.2) is 22.5 Å². The smallest absolute Gasteiger partial charge is 0.282 e. The van der Waals surface area contributed by atoms with Crippen LogP contribution < -0.4 is 10.3 Å². The summed E-state index contributed by atoms with van der Waals surface area (Å²) < 4.78 is 8.22. The molecule has 0 amide bonds. The van der Waals surface area contributed by atoms with Gasteiger partial charge in [-0.05, 0) is 58.2 Å². The van der Waals surface area contributed by atoms with Crippen LogP contribution in [0.4, 0.5) is 0 Å². The fourth-order valence-corrected chi connectivity index (χ4v) is 4.08. The van der Waals surface area contributed by atoms with Crippen LogP contribution in [0, 0.1) is 12.3 Å². The molecule has 0 aliphatic rings. The summed E-state index contributed by atoms with van der Waals surface area (Å²) in [5, 5.41) is 5.28. The van der Waals surface area contributed by atoms with Crippen LogP contribution in [0.15, 0.2) is 49.2 Å². The predicted molar refractivity (Wildman–Crippen MR) is 124 cm³/mol. The second-order valence-corrected chi connectivity index (χ2v) is 8.28. The van der Waals surface area contributed by atoms with E-state index >= 15 is 0 Å². The first-order valence-corrected chi connectivity index (χ1v) is 10.7. The van der Waals surface area contributed by atoms with E-state index in [-0.39, 0.29) is 12.2 Å². The van der Waals surface area contributed by atoms with Crippen molar-refractivity contribution in [1.82, 2.24) is 9.66 Å². The highest BCUT2D eigenvalue weighted by molar-refractivity contribution is 9.10. The maximum Gasteiger partial charge on any atom is 0.282 e. The quantitative estimate of drug-likeness (QED) is 0.312. The van der Waals surface area contributed by atoms with Crippen LogP contribution in [0.2, 0.25) is 5.02 Å². The SMILES string of the molecule is C#CCOc1c(Cl)cc(C=Nn2c(CCC)nc3ccc(Br)cc3c2=O)cc1Br. The lowest BCUT2D eigenvalue weighted by Gasteiger charge is -2.10. The van der Waals surface area contributed by atoms with E-state index in [9.17, 15) is 4.79 Å². The third-order valence-corrected chi connectivity index (χ3v) is 5.35. The van der Waals surface area contributed by atoms with Gasteiger partial charge in [0.2, 0.25) is 0 Å². The summed E-state index contributed by atoms with van der Waals surface area (Å²) in [6.45, 7) is 2.14. The zero-order valence-electron chi connectivity index (χ0n) is 15.5. The minimum Gasteiger partial charge on any atom is -0.478 e. The highest BCUT2D eigenvalue weighted by Crippen LogP contribution is 2.34. The number of halogens is 3. The van der Waals surface area contributed by atoms with Crippen molar-refractivity contribution in [3.63, 3.8) is 0 Å². The van der Waals surface area contributed by atoms with Crippen molar-refractivity contribution in [2.45, 2.75) is 19.8 Å². The van der Waals surface area contributed by atoms with E-state index in [1.807, 2.05) is 19.1 Å². The minimum atomic E-state index is -0.227. The number of hydrogen-bond acceptors (Lipinski definition) is 4. The molecular weight excluding hydrogens is 522 g/mol. The normalized spacial score (nSPS) is 11.1. The first kappa shape index (κ1) is 21.6. The average Bonchev–Trinajstić information content (AvgIpc) is 2.68. The van der Waals surface area contributed by atoms with Gasteiger partial charge in [-0.3, -0.25) is 4.79 Å². The Morgan fingerprint density at radius 3 is 2.83 bits per heavy atom. The molecule has 0 unspecified atom stereocenters. The number of nitrogens with zero attached hydrogens (tertiary/aromatic N) is 3. The van der Waals surface area contributed by atoms with Crippen LogP contribution in [0.5, 0.6) is 5.75 Å². The van der Waals surface area contributed by atoms with Gasteiger partial charge < -0.3 is 4.74 Å². The second-order valence-electron chi connectivity index (χ2n) is 6.11. The van der Waals surface area contributed by atoms with Gasteiger partial charge >= 0.3 is 0 Å². The number of terminal acetylenes is 1. The second kappa shape index (κ2) is 9.57. The highest BCUT2D eigenvalue weighted by atomic mass is 79.9. The molecule has 148 valence electrons. The van der Waals surface area contributed by atoms with E-state index in [2.05, 4.69) is 47.9 Å². The molecule has 1 aromatic heterocycles. The third-order valence-electron chi connectivity index (χ3n) is 3.99. The Kier molecular flexibility index (Phi) is 7.12. The molecule has 0 fully saturated rings. The lowest BCUT2D eigenvalue weighted by molar-refractivity contribution is 0.368. The number of aryl methyl sites for hydroxylation is 1. The molecule has 3 aromatic rings. The standard InChI is InChI=1S/C21H16Br2ClN3O2/c1-3-5-19-26-18-7-6-14(22)11-15(18)21(28)27(19)25-12-13-9-16(23)20(17(24)10-13)29-8-4-2/h2,6-7,9-12H,3,5,8H2,1H3. The lowest BCUT2D eigenvalue weighted by Crippen LogP contribution is -2.22. The van der Waals surface area contributed by atoms with E-state index in [0.717, 1.165) is 10.9 Å². The molecule has 0 radical (unpaired) electrons. The lowest BCUT2D eigenvalue weighted by atomic mass is 10.2. The first-order valence-electron chi connectivity index (χ1n) is 8.75. The van der Waals surface area contributed by atoms with Crippen LogP contribution in [0.3, 0.4) is 0 Å². The largest absolute Gasteiger partial charge is 0.478 e. The molecular formula is C21H16Br2ClN3O2. The molecule has 3 rings (SSSR count). The van der Waals surface area contributed by atoms with E-state index in [4.69, 9.17) is 22.8 Å². The Bertz CT molecular complexity index is 1180. The zero-order valence-corrected chi connectivity index (χ0v) is 19.4. The van der Waals surface area contributed by atoms with Crippen LogP contribution in [0.25, 0.3) is 10.9 Å². The van der Waals surface area contributed by atoms with Crippen LogP contribution in [-0.2, 0) is 6.42 Å². The van der Waals surface area contributed by atoms with E-state index in [1.165, 1.54) is 4.68 Å². The molecule has 8 heteroatoms.